The zero-order valence-electron chi connectivity index (χ0n) is 15.7. The third-order valence-corrected chi connectivity index (χ3v) is 5.50. The number of hydrogen-bond donors (Lipinski definition) is 1. The highest BCUT2D eigenvalue weighted by Crippen LogP contribution is 2.36. The van der Waals surface area contributed by atoms with E-state index in [0.29, 0.717) is 34.4 Å². The number of fused-ring (bicyclic) bond motifs is 1. The van der Waals surface area contributed by atoms with E-state index in [1.807, 2.05) is 0 Å². The molecule has 3 aromatic rings. The van der Waals surface area contributed by atoms with E-state index in [-0.39, 0.29) is 15.3 Å². The van der Waals surface area contributed by atoms with Crippen molar-refractivity contribution in [3.05, 3.63) is 57.6 Å². The molecule has 0 bridgehead atoms. The molecule has 0 aliphatic rings. The van der Waals surface area contributed by atoms with Gasteiger partial charge >= 0.3 is 18.3 Å². The summed E-state index contributed by atoms with van der Waals surface area (Å²) in [6, 6.07) is 4.03. The molecule has 1 amide bonds. The maximum atomic E-state index is 13.1. The van der Waals surface area contributed by atoms with Gasteiger partial charge in [-0.05, 0) is 42.8 Å². The Bertz CT molecular complexity index is 1180. The Morgan fingerprint density at radius 2 is 1.71 bits per heavy atom. The first-order valence-corrected chi connectivity index (χ1v) is 9.23. The minimum absolute atomic E-state index is 0.0601. The van der Waals surface area contributed by atoms with E-state index in [4.69, 9.17) is 0 Å². The number of anilines is 1. The lowest BCUT2D eigenvalue weighted by atomic mass is 10.1. The molecule has 0 fully saturated rings. The van der Waals surface area contributed by atoms with Crippen LogP contribution in [0.1, 0.15) is 36.9 Å². The Balaban J connectivity index is 2.03. The van der Waals surface area contributed by atoms with Crippen LogP contribution in [0.5, 0.6) is 0 Å². The van der Waals surface area contributed by atoms with Crippen molar-refractivity contribution in [3.8, 4) is 0 Å². The zero-order valence-corrected chi connectivity index (χ0v) is 16.6. The van der Waals surface area contributed by atoms with Crippen molar-refractivity contribution in [1.29, 1.82) is 0 Å². The lowest BCUT2D eigenvalue weighted by Gasteiger charge is -2.13. The average molecular weight is 462 g/mol. The van der Waals surface area contributed by atoms with Crippen LogP contribution >= 0.6 is 11.3 Å². The molecule has 12 heteroatoms. The normalized spacial score (nSPS) is 12.1. The third kappa shape index (κ3) is 4.48. The fourth-order valence-electron chi connectivity index (χ4n) is 2.76. The van der Waals surface area contributed by atoms with Gasteiger partial charge in [0, 0.05) is 5.39 Å². The van der Waals surface area contributed by atoms with Gasteiger partial charge in [-0.3, -0.25) is 4.79 Å². The fraction of sp³-hybridized carbons (Fsp3) is 0.211. The number of nitrogens with zero attached hydrogens (tertiary/aromatic N) is 1. The van der Waals surface area contributed by atoms with E-state index in [2.05, 4.69) is 15.0 Å². The van der Waals surface area contributed by atoms with Crippen LogP contribution in [0.3, 0.4) is 0 Å². The van der Waals surface area contributed by atoms with Crippen LogP contribution in [0.15, 0.2) is 30.3 Å². The number of carbonyl (C=O) groups is 2. The van der Waals surface area contributed by atoms with E-state index < -0.39 is 41.2 Å². The monoisotopic (exact) mass is 462 g/mol. The van der Waals surface area contributed by atoms with Crippen LogP contribution < -0.4 is 5.32 Å². The Morgan fingerprint density at radius 1 is 1.03 bits per heavy atom. The number of rotatable bonds is 3. The summed E-state index contributed by atoms with van der Waals surface area (Å²) < 4.78 is 82.3. The van der Waals surface area contributed by atoms with Gasteiger partial charge in [0.25, 0.3) is 5.91 Å². The average Bonchev–Trinajstić information content (AvgIpc) is 3.02. The summed E-state index contributed by atoms with van der Waals surface area (Å²) in [6.07, 6.45) is -9.42. The van der Waals surface area contributed by atoms with Crippen LogP contribution in [-0.2, 0) is 17.1 Å². The third-order valence-electron chi connectivity index (χ3n) is 4.30. The van der Waals surface area contributed by atoms with Crippen LogP contribution in [0.2, 0.25) is 0 Å². The number of aromatic nitrogens is 1. The predicted octanol–water partition coefficient (Wildman–Crippen LogP) is 5.68. The maximum absolute atomic E-state index is 13.1. The summed E-state index contributed by atoms with van der Waals surface area (Å²) >= 11 is 0.650. The highest BCUT2D eigenvalue weighted by molar-refractivity contribution is 7.20. The number of nitrogens with one attached hydrogen (secondary N) is 1. The first kappa shape index (κ1) is 22.5. The van der Waals surface area contributed by atoms with Crippen molar-refractivity contribution in [2.75, 3.05) is 12.4 Å². The van der Waals surface area contributed by atoms with Crippen molar-refractivity contribution in [1.82, 2.24) is 4.98 Å². The number of carbonyl (C=O) groups excluding carboxylic acids is 2. The molecule has 31 heavy (non-hydrogen) atoms. The number of hydrogen-bond acceptors (Lipinski definition) is 5. The number of pyridine rings is 1. The summed E-state index contributed by atoms with van der Waals surface area (Å²) in [5.74, 6) is -1.88. The zero-order chi connectivity index (χ0) is 23.1. The molecule has 0 atom stereocenters. The number of thiophene rings is 1. The quantitative estimate of drug-likeness (QED) is 0.402. The number of alkyl halides is 6. The molecule has 3 rings (SSSR count). The standard InChI is InChI=1S/C19H12F6N2O3S/c1-8-10-5-6-13(19(23,24)25)27-16(10)31-14(8)15(28)26-12-7-9(18(20,21)22)3-4-11(12)17(29)30-2/h3-7H,1-2H3,(H,26,28). The molecular formula is C19H12F6N2O3S. The molecule has 0 spiro atoms. The summed E-state index contributed by atoms with van der Waals surface area (Å²) in [5.41, 5.74) is -2.73. The molecule has 164 valence electrons. The van der Waals surface area contributed by atoms with Crippen LogP contribution in [-0.4, -0.2) is 24.0 Å². The molecule has 0 saturated carbocycles. The second-order valence-electron chi connectivity index (χ2n) is 6.31. The summed E-state index contributed by atoms with van der Waals surface area (Å²) in [7, 11) is 1.02. The van der Waals surface area contributed by atoms with Crippen molar-refractivity contribution in [3.63, 3.8) is 0 Å². The van der Waals surface area contributed by atoms with E-state index in [0.717, 1.165) is 25.3 Å². The Hall–Kier alpha value is -3.15. The van der Waals surface area contributed by atoms with Crippen LogP contribution in [0.25, 0.3) is 10.2 Å². The molecule has 0 aliphatic heterocycles. The molecule has 5 nitrogen and oxygen atoms in total. The Labute approximate surface area is 174 Å². The number of ether oxygens (including phenoxy) is 1. The molecule has 0 unspecified atom stereocenters. The van der Waals surface area contributed by atoms with Gasteiger partial charge in [0.15, 0.2) is 0 Å². The molecular weight excluding hydrogens is 450 g/mol. The minimum Gasteiger partial charge on any atom is -0.465 e. The van der Waals surface area contributed by atoms with E-state index in [9.17, 15) is 35.9 Å². The number of halogens is 6. The largest absolute Gasteiger partial charge is 0.465 e. The van der Waals surface area contributed by atoms with Crippen molar-refractivity contribution in [2.45, 2.75) is 19.3 Å². The number of esters is 1. The van der Waals surface area contributed by atoms with Crippen molar-refractivity contribution >= 4 is 39.1 Å². The summed E-state index contributed by atoms with van der Waals surface area (Å²) in [4.78, 5) is 28.0. The Morgan fingerprint density at radius 3 is 2.29 bits per heavy atom. The highest BCUT2D eigenvalue weighted by atomic mass is 32.1. The van der Waals surface area contributed by atoms with Crippen LogP contribution in [0.4, 0.5) is 32.0 Å². The molecule has 2 aromatic heterocycles. The number of benzene rings is 1. The lowest BCUT2D eigenvalue weighted by molar-refractivity contribution is -0.141. The minimum atomic E-state index is -4.74. The topological polar surface area (TPSA) is 68.3 Å². The first-order chi connectivity index (χ1) is 14.3. The van der Waals surface area contributed by atoms with Gasteiger partial charge in [-0.25, -0.2) is 9.78 Å². The van der Waals surface area contributed by atoms with Gasteiger partial charge in [-0.2, -0.15) is 26.3 Å². The Kier molecular flexibility index (Phi) is 5.70. The molecule has 1 aromatic carbocycles. The second kappa shape index (κ2) is 7.84. The van der Waals surface area contributed by atoms with E-state index in [1.165, 1.54) is 6.92 Å². The summed E-state index contributed by atoms with van der Waals surface area (Å²) in [6.45, 7) is 1.47. The summed E-state index contributed by atoms with van der Waals surface area (Å²) in [5, 5.41) is 2.51. The van der Waals surface area contributed by atoms with E-state index >= 15 is 0 Å². The second-order valence-corrected chi connectivity index (χ2v) is 7.31. The fourth-order valence-corrected chi connectivity index (χ4v) is 3.84. The van der Waals surface area contributed by atoms with Crippen molar-refractivity contribution in [2.24, 2.45) is 0 Å². The molecule has 2 heterocycles. The first-order valence-electron chi connectivity index (χ1n) is 8.41. The van der Waals surface area contributed by atoms with E-state index in [1.54, 1.807) is 0 Å². The number of amides is 1. The molecule has 1 N–H and O–H groups in total. The van der Waals surface area contributed by atoms with Gasteiger partial charge in [0.1, 0.15) is 10.5 Å². The molecule has 0 aliphatic carbocycles. The number of methoxy groups -OCH3 is 1. The SMILES string of the molecule is COC(=O)c1ccc(C(F)(F)F)cc1NC(=O)c1sc2nc(C(F)(F)F)ccc2c1C. The van der Waals surface area contributed by atoms with Gasteiger partial charge in [0.05, 0.1) is 28.8 Å². The van der Waals surface area contributed by atoms with Gasteiger partial charge in [0.2, 0.25) is 0 Å². The smallest absolute Gasteiger partial charge is 0.433 e. The lowest BCUT2D eigenvalue weighted by Crippen LogP contribution is -2.16. The van der Waals surface area contributed by atoms with Gasteiger partial charge < -0.3 is 10.1 Å². The van der Waals surface area contributed by atoms with Crippen LogP contribution in [0, 0.1) is 6.92 Å². The van der Waals surface area contributed by atoms with Gasteiger partial charge in [-0.15, -0.1) is 11.3 Å². The van der Waals surface area contributed by atoms with Crippen molar-refractivity contribution < 1.29 is 40.7 Å². The highest BCUT2D eigenvalue weighted by Gasteiger charge is 2.34. The predicted molar refractivity (Wildman–Crippen MR) is 100 cm³/mol. The number of aryl methyl sites for hydroxylation is 1. The molecule has 0 radical (unpaired) electrons. The maximum Gasteiger partial charge on any atom is 0.433 e. The molecule has 0 saturated heterocycles. The van der Waals surface area contributed by atoms with Gasteiger partial charge in [-0.1, -0.05) is 0 Å².